The Morgan fingerprint density at radius 3 is 2.47 bits per heavy atom. The Morgan fingerprint density at radius 2 is 1.89 bits per heavy atom. The van der Waals surface area contributed by atoms with E-state index >= 15 is 0 Å². The lowest BCUT2D eigenvalue weighted by molar-refractivity contribution is -0.128. The Kier molecular flexibility index (Phi) is 4.56. The summed E-state index contributed by atoms with van der Waals surface area (Å²) in [6, 6.07) is 9.10. The molecule has 0 radical (unpaired) electrons. The van der Waals surface area contributed by atoms with E-state index < -0.39 is 5.54 Å². The van der Waals surface area contributed by atoms with E-state index in [4.69, 9.17) is 5.73 Å². The third-order valence-corrected chi connectivity index (χ3v) is 3.89. The molecule has 0 bridgehead atoms. The first-order valence-corrected chi connectivity index (χ1v) is 6.91. The number of aliphatic hydroxyl groups is 1. The van der Waals surface area contributed by atoms with Crippen LogP contribution in [-0.2, 0) is 4.79 Å². The van der Waals surface area contributed by atoms with Gasteiger partial charge in [0.05, 0.1) is 18.2 Å². The van der Waals surface area contributed by atoms with Crippen molar-refractivity contribution in [1.29, 1.82) is 0 Å². The van der Waals surface area contributed by atoms with Crippen LogP contribution in [0.5, 0.6) is 0 Å². The van der Waals surface area contributed by atoms with Gasteiger partial charge in [0.2, 0.25) is 5.91 Å². The standard InChI is InChI=1S/C15H22N2O2/c16-15(9-5-2-6-10-15)14(19)17-13(11-18)12-7-3-1-4-8-12/h1,3-4,7-8,13,18H,2,5-6,9-11,16H2,(H,17,19)/t13-/m0/s1. The molecule has 4 heteroatoms. The van der Waals surface area contributed by atoms with Crippen LogP contribution < -0.4 is 11.1 Å². The van der Waals surface area contributed by atoms with E-state index in [9.17, 15) is 9.90 Å². The SMILES string of the molecule is NC1(C(=O)N[C@@H](CO)c2ccccc2)CCCCC1. The van der Waals surface area contributed by atoms with Crippen molar-refractivity contribution < 1.29 is 9.90 Å². The molecular weight excluding hydrogens is 240 g/mol. The maximum atomic E-state index is 12.3. The smallest absolute Gasteiger partial charge is 0.240 e. The van der Waals surface area contributed by atoms with Crippen LogP contribution >= 0.6 is 0 Å². The Morgan fingerprint density at radius 1 is 1.26 bits per heavy atom. The summed E-state index contributed by atoms with van der Waals surface area (Å²) in [6.07, 6.45) is 4.60. The second-order valence-corrected chi connectivity index (χ2v) is 5.34. The van der Waals surface area contributed by atoms with E-state index in [-0.39, 0.29) is 18.6 Å². The van der Waals surface area contributed by atoms with Crippen LogP contribution in [-0.4, -0.2) is 23.2 Å². The fraction of sp³-hybridized carbons (Fsp3) is 0.533. The van der Waals surface area contributed by atoms with Gasteiger partial charge in [0, 0.05) is 0 Å². The van der Waals surface area contributed by atoms with Crippen molar-refractivity contribution in [3.63, 3.8) is 0 Å². The van der Waals surface area contributed by atoms with Crippen LogP contribution in [0.15, 0.2) is 30.3 Å². The number of rotatable bonds is 4. The van der Waals surface area contributed by atoms with Gasteiger partial charge in [-0.1, -0.05) is 49.6 Å². The third-order valence-electron chi connectivity index (χ3n) is 3.89. The topological polar surface area (TPSA) is 75.4 Å². The Hall–Kier alpha value is -1.39. The minimum absolute atomic E-state index is 0.119. The molecule has 1 aliphatic rings. The molecule has 1 fully saturated rings. The molecule has 1 atom stereocenters. The molecule has 0 unspecified atom stereocenters. The van der Waals surface area contributed by atoms with Crippen molar-refractivity contribution in [3.05, 3.63) is 35.9 Å². The Balaban J connectivity index is 2.04. The van der Waals surface area contributed by atoms with Crippen LogP contribution in [0.2, 0.25) is 0 Å². The quantitative estimate of drug-likeness (QED) is 0.769. The predicted octanol–water partition coefficient (Wildman–Crippen LogP) is 1.50. The van der Waals surface area contributed by atoms with E-state index in [2.05, 4.69) is 5.32 Å². The van der Waals surface area contributed by atoms with Crippen molar-refractivity contribution in [2.24, 2.45) is 5.73 Å². The van der Waals surface area contributed by atoms with Gasteiger partial charge in [0.15, 0.2) is 0 Å². The number of amides is 1. The monoisotopic (exact) mass is 262 g/mol. The van der Waals surface area contributed by atoms with Gasteiger partial charge >= 0.3 is 0 Å². The first-order valence-electron chi connectivity index (χ1n) is 6.91. The molecule has 0 heterocycles. The summed E-state index contributed by atoms with van der Waals surface area (Å²) in [4.78, 5) is 12.3. The second-order valence-electron chi connectivity index (χ2n) is 5.34. The highest BCUT2D eigenvalue weighted by Gasteiger charge is 2.36. The highest BCUT2D eigenvalue weighted by molar-refractivity contribution is 5.86. The summed E-state index contributed by atoms with van der Waals surface area (Å²) in [5.74, 6) is -0.143. The number of benzene rings is 1. The minimum Gasteiger partial charge on any atom is -0.394 e. The summed E-state index contributed by atoms with van der Waals surface area (Å²) in [6.45, 7) is -0.119. The van der Waals surface area contributed by atoms with Gasteiger partial charge < -0.3 is 16.2 Å². The number of aliphatic hydroxyl groups excluding tert-OH is 1. The Bertz CT molecular complexity index is 413. The fourth-order valence-electron chi connectivity index (χ4n) is 2.63. The van der Waals surface area contributed by atoms with Gasteiger partial charge in [-0.2, -0.15) is 0 Å². The van der Waals surface area contributed by atoms with E-state index in [1.54, 1.807) is 0 Å². The number of hydrogen-bond donors (Lipinski definition) is 3. The van der Waals surface area contributed by atoms with Crippen molar-refractivity contribution in [2.45, 2.75) is 43.7 Å². The van der Waals surface area contributed by atoms with Gasteiger partial charge in [-0.05, 0) is 18.4 Å². The highest BCUT2D eigenvalue weighted by atomic mass is 16.3. The molecule has 2 rings (SSSR count). The van der Waals surface area contributed by atoms with E-state index in [1.165, 1.54) is 0 Å². The van der Waals surface area contributed by atoms with Gasteiger partial charge in [-0.3, -0.25) is 4.79 Å². The normalized spacial score (nSPS) is 19.7. The summed E-state index contributed by atoms with van der Waals surface area (Å²) in [7, 11) is 0. The molecule has 4 N–H and O–H groups in total. The lowest BCUT2D eigenvalue weighted by atomic mass is 9.81. The van der Waals surface area contributed by atoms with Gasteiger partial charge in [0.25, 0.3) is 0 Å². The number of carbonyl (C=O) groups is 1. The van der Waals surface area contributed by atoms with E-state index in [1.807, 2.05) is 30.3 Å². The number of nitrogens with two attached hydrogens (primary N) is 1. The molecule has 0 spiro atoms. The largest absolute Gasteiger partial charge is 0.394 e. The van der Waals surface area contributed by atoms with Gasteiger partial charge in [-0.15, -0.1) is 0 Å². The van der Waals surface area contributed by atoms with Crippen molar-refractivity contribution in [2.75, 3.05) is 6.61 Å². The maximum Gasteiger partial charge on any atom is 0.240 e. The molecule has 0 saturated heterocycles. The van der Waals surface area contributed by atoms with Crippen molar-refractivity contribution in [1.82, 2.24) is 5.32 Å². The summed E-state index contributed by atoms with van der Waals surface area (Å²) >= 11 is 0. The van der Waals surface area contributed by atoms with Gasteiger partial charge in [-0.25, -0.2) is 0 Å². The molecule has 0 aliphatic heterocycles. The molecule has 1 saturated carbocycles. The number of carbonyl (C=O) groups excluding carboxylic acids is 1. The molecule has 104 valence electrons. The molecule has 4 nitrogen and oxygen atoms in total. The van der Waals surface area contributed by atoms with Crippen LogP contribution in [0, 0.1) is 0 Å². The zero-order valence-electron chi connectivity index (χ0n) is 11.1. The first-order chi connectivity index (χ1) is 9.15. The zero-order valence-corrected chi connectivity index (χ0v) is 11.1. The van der Waals surface area contributed by atoms with Crippen LogP contribution in [0.1, 0.15) is 43.7 Å². The van der Waals surface area contributed by atoms with Crippen molar-refractivity contribution >= 4 is 5.91 Å². The molecule has 19 heavy (non-hydrogen) atoms. The second kappa shape index (κ2) is 6.17. The van der Waals surface area contributed by atoms with E-state index in [0.29, 0.717) is 0 Å². The summed E-state index contributed by atoms with van der Waals surface area (Å²) in [5.41, 5.74) is 6.33. The predicted molar refractivity (Wildman–Crippen MR) is 74.4 cm³/mol. The first kappa shape index (κ1) is 14.0. The van der Waals surface area contributed by atoms with Crippen molar-refractivity contribution in [3.8, 4) is 0 Å². The average molecular weight is 262 g/mol. The van der Waals surface area contributed by atoms with Crippen LogP contribution in [0.4, 0.5) is 0 Å². The Labute approximate surface area is 114 Å². The molecule has 1 aromatic rings. The lowest BCUT2D eigenvalue weighted by Crippen LogP contribution is -2.55. The lowest BCUT2D eigenvalue weighted by Gasteiger charge is -2.33. The molecule has 1 amide bonds. The number of hydrogen-bond acceptors (Lipinski definition) is 3. The molecule has 0 aromatic heterocycles. The maximum absolute atomic E-state index is 12.3. The van der Waals surface area contributed by atoms with E-state index in [0.717, 1.165) is 37.7 Å². The van der Waals surface area contributed by atoms with Crippen LogP contribution in [0.25, 0.3) is 0 Å². The number of nitrogens with one attached hydrogen (secondary N) is 1. The fourth-order valence-corrected chi connectivity index (χ4v) is 2.63. The molecule has 1 aliphatic carbocycles. The molecular formula is C15H22N2O2. The van der Waals surface area contributed by atoms with Crippen LogP contribution in [0.3, 0.4) is 0 Å². The zero-order chi connectivity index (χ0) is 13.7. The molecule has 1 aromatic carbocycles. The minimum atomic E-state index is -0.763. The third kappa shape index (κ3) is 3.33. The highest BCUT2D eigenvalue weighted by Crippen LogP contribution is 2.27. The summed E-state index contributed by atoms with van der Waals surface area (Å²) < 4.78 is 0. The summed E-state index contributed by atoms with van der Waals surface area (Å²) in [5, 5.41) is 12.3. The average Bonchev–Trinajstić information content (AvgIpc) is 2.46. The van der Waals surface area contributed by atoms with Gasteiger partial charge in [0.1, 0.15) is 0 Å².